The molecular weight excluding hydrogens is 320 g/mol. The number of hydrogen-bond donors (Lipinski definition) is 1. The van der Waals surface area contributed by atoms with Crippen molar-refractivity contribution in [2.75, 3.05) is 19.5 Å². The Morgan fingerprint density at radius 2 is 2.23 bits per heavy atom. The predicted octanol–water partition coefficient (Wildman–Crippen LogP) is 3.87. The minimum Gasteiger partial charge on any atom is -0.495 e. The van der Waals surface area contributed by atoms with Gasteiger partial charge in [0.05, 0.1) is 18.8 Å². The fraction of sp³-hybridized carbons (Fsp3) is 0.312. The number of nitrogens with zero attached hydrogens (tertiary/aromatic N) is 1. The van der Waals surface area contributed by atoms with E-state index in [1.54, 1.807) is 36.6 Å². The number of nitrogens with one attached hydrogen (secondary N) is 1. The molecule has 2 aromatic rings. The SMILES string of the molecule is COc1ccc(Cl)cc1NC(=O)[C@@H](C)N(C)Cc1cccs1. The number of rotatable bonds is 6. The topological polar surface area (TPSA) is 41.6 Å². The Morgan fingerprint density at radius 3 is 2.86 bits per heavy atom. The second kappa shape index (κ2) is 7.63. The number of anilines is 1. The van der Waals surface area contributed by atoms with Gasteiger partial charge in [0.15, 0.2) is 0 Å². The quantitative estimate of drug-likeness (QED) is 0.869. The molecule has 0 aliphatic carbocycles. The highest BCUT2D eigenvalue weighted by molar-refractivity contribution is 7.09. The fourth-order valence-corrected chi connectivity index (χ4v) is 2.94. The van der Waals surface area contributed by atoms with Crippen LogP contribution in [0.15, 0.2) is 35.7 Å². The molecule has 1 N–H and O–H groups in total. The number of carbonyl (C=O) groups is 1. The van der Waals surface area contributed by atoms with Crippen molar-refractivity contribution in [3.05, 3.63) is 45.6 Å². The van der Waals surface area contributed by atoms with E-state index in [1.165, 1.54) is 4.88 Å². The average Bonchev–Trinajstić information content (AvgIpc) is 2.99. The predicted molar refractivity (Wildman–Crippen MR) is 91.9 cm³/mol. The summed E-state index contributed by atoms with van der Waals surface area (Å²) in [5.41, 5.74) is 0.580. The zero-order valence-electron chi connectivity index (χ0n) is 12.8. The first-order valence-corrected chi connectivity index (χ1v) is 8.14. The minimum atomic E-state index is -0.272. The molecular formula is C16H19ClN2O2S. The summed E-state index contributed by atoms with van der Waals surface area (Å²) in [5, 5.41) is 5.46. The average molecular weight is 339 g/mol. The molecule has 1 aromatic carbocycles. The molecule has 6 heteroatoms. The van der Waals surface area contributed by atoms with Crippen molar-refractivity contribution in [3.63, 3.8) is 0 Å². The lowest BCUT2D eigenvalue weighted by atomic mass is 10.2. The molecule has 1 heterocycles. The standard InChI is InChI=1S/C16H19ClN2O2S/c1-11(19(2)10-13-5-4-8-22-13)16(20)18-14-9-12(17)6-7-15(14)21-3/h4-9,11H,10H2,1-3H3,(H,18,20)/t11-/m1/s1. The summed E-state index contributed by atoms with van der Waals surface area (Å²) in [6.45, 7) is 2.61. The zero-order valence-corrected chi connectivity index (χ0v) is 14.4. The van der Waals surface area contributed by atoms with Gasteiger partial charge < -0.3 is 10.1 Å². The largest absolute Gasteiger partial charge is 0.495 e. The number of benzene rings is 1. The molecule has 1 aromatic heterocycles. The van der Waals surface area contributed by atoms with Crippen molar-refractivity contribution in [1.82, 2.24) is 4.90 Å². The molecule has 22 heavy (non-hydrogen) atoms. The summed E-state index contributed by atoms with van der Waals surface area (Å²) < 4.78 is 5.24. The summed E-state index contributed by atoms with van der Waals surface area (Å²) in [4.78, 5) is 15.6. The highest BCUT2D eigenvalue weighted by atomic mass is 35.5. The number of amides is 1. The van der Waals surface area contributed by atoms with E-state index in [0.717, 1.165) is 6.54 Å². The van der Waals surface area contributed by atoms with Crippen LogP contribution in [0.3, 0.4) is 0 Å². The number of hydrogen-bond acceptors (Lipinski definition) is 4. The molecule has 0 bridgehead atoms. The number of carbonyl (C=O) groups excluding carboxylic acids is 1. The van der Waals surface area contributed by atoms with Crippen molar-refractivity contribution in [2.45, 2.75) is 19.5 Å². The molecule has 0 fully saturated rings. The summed E-state index contributed by atoms with van der Waals surface area (Å²) >= 11 is 7.66. The lowest BCUT2D eigenvalue weighted by Crippen LogP contribution is -2.39. The lowest BCUT2D eigenvalue weighted by Gasteiger charge is -2.23. The van der Waals surface area contributed by atoms with Crippen LogP contribution in [0.2, 0.25) is 5.02 Å². The van der Waals surface area contributed by atoms with E-state index >= 15 is 0 Å². The second-order valence-corrected chi connectivity index (χ2v) is 6.47. The first-order valence-electron chi connectivity index (χ1n) is 6.88. The molecule has 0 unspecified atom stereocenters. The van der Waals surface area contributed by atoms with E-state index in [4.69, 9.17) is 16.3 Å². The molecule has 2 rings (SSSR count). The molecule has 0 radical (unpaired) electrons. The van der Waals surface area contributed by atoms with Gasteiger partial charge in [-0.3, -0.25) is 9.69 Å². The van der Waals surface area contributed by atoms with Gasteiger partial charge in [0.2, 0.25) is 5.91 Å². The summed E-state index contributed by atoms with van der Waals surface area (Å²) in [5.74, 6) is 0.491. The van der Waals surface area contributed by atoms with Crippen LogP contribution in [0.5, 0.6) is 5.75 Å². The van der Waals surface area contributed by atoms with Gasteiger partial charge in [-0.2, -0.15) is 0 Å². The summed E-state index contributed by atoms with van der Waals surface area (Å²) in [6, 6.07) is 8.94. The maximum absolute atomic E-state index is 12.4. The maximum atomic E-state index is 12.4. The number of likely N-dealkylation sites (N-methyl/N-ethyl adjacent to an activating group) is 1. The van der Waals surface area contributed by atoms with Crippen LogP contribution in [0.1, 0.15) is 11.8 Å². The van der Waals surface area contributed by atoms with Crippen molar-refractivity contribution in [1.29, 1.82) is 0 Å². The smallest absolute Gasteiger partial charge is 0.241 e. The van der Waals surface area contributed by atoms with E-state index < -0.39 is 0 Å². The van der Waals surface area contributed by atoms with Crippen LogP contribution >= 0.6 is 22.9 Å². The molecule has 1 atom stereocenters. The monoisotopic (exact) mass is 338 g/mol. The van der Waals surface area contributed by atoms with Crippen LogP contribution in [0.25, 0.3) is 0 Å². The number of thiophene rings is 1. The summed E-state index contributed by atoms with van der Waals surface area (Å²) in [7, 11) is 3.49. The van der Waals surface area contributed by atoms with E-state index in [1.807, 2.05) is 30.3 Å². The van der Waals surface area contributed by atoms with Gasteiger partial charge in [0.25, 0.3) is 0 Å². The van der Waals surface area contributed by atoms with Gasteiger partial charge in [-0.25, -0.2) is 0 Å². The van der Waals surface area contributed by atoms with Gasteiger partial charge in [0, 0.05) is 16.4 Å². The van der Waals surface area contributed by atoms with Crippen molar-refractivity contribution >= 4 is 34.5 Å². The third-order valence-electron chi connectivity index (χ3n) is 3.45. The lowest BCUT2D eigenvalue weighted by molar-refractivity contribution is -0.120. The first kappa shape index (κ1) is 16.8. The number of methoxy groups -OCH3 is 1. The Morgan fingerprint density at radius 1 is 1.45 bits per heavy atom. The molecule has 0 spiro atoms. The third-order valence-corrected chi connectivity index (χ3v) is 4.54. The number of halogens is 1. The minimum absolute atomic E-state index is 0.0976. The highest BCUT2D eigenvalue weighted by Gasteiger charge is 2.19. The Bertz CT molecular complexity index is 631. The fourth-order valence-electron chi connectivity index (χ4n) is 2.00. The van der Waals surface area contributed by atoms with E-state index in [2.05, 4.69) is 11.4 Å². The van der Waals surface area contributed by atoms with Crippen molar-refractivity contribution in [3.8, 4) is 5.75 Å². The van der Waals surface area contributed by atoms with Crippen LogP contribution < -0.4 is 10.1 Å². The van der Waals surface area contributed by atoms with Crippen LogP contribution in [0.4, 0.5) is 5.69 Å². The van der Waals surface area contributed by atoms with E-state index in [-0.39, 0.29) is 11.9 Å². The molecule has 0 aliphatic heterocycles. The highest BCUT2D eigenvalue weighted by Crippen LogP contribution is 2.28. The molecule has 0 aliphatic rings. The van der Waals surface area contributed by atoms with Crippen molar-refractivity contribution in [2.24, 2.45) is 0 Å². The third kappa shape index (κ3) is 4.22. The van der Waals surface area contributed by atoms with E-state index in [0.29, 0.717) is 16.5 Å². The molecule has 0 saturated carbocycles. The van der Waals surface area contributed by atoms with Crippen LogP contribution in [0, 0.1) is 0 Å². The van der Waals surface area contributed by atoms with Crippen LogP contribution in [-0.2, 0) is 11.3 Å². The molecule has 118 valence electrons. The Balaban J connectivity index is 2.03. The zero-order chi connectivity index (χ0) is 16.1. The Kier molecular flexibility index (Phi) is 5.83. The number of ether oxygens (including phenoxy) is 1. The molecule has 4 nitrogen and oxygen atoms in total. The van der Waals surface area contributed by atoms with Crippen LogP contribution in [-0.4, -0.2) is 31.0 Å². The van der Waals surface area contributed by atoms with Crippen molar-refractivity contribution < 1.29 is 9.53 Å². The Hall–Kier alpha value is -1.56. The molecule has 1 amide bonds. The van der Waals surface area contributed by atoms with Gasteiger partial charge in [-0.15, -0.1) is 11.3 Å². The maximum Gasteiger partial charge on any atom is 0.241 e. The summed E-state index contributed by atoms with van der Waals surface area (Å²) in [6.07, 6.45) is 0. The van der Waals surface area contributed by atoms with E-state index in [9.17, 15) is 4.79 Å². The normalized spacial score (nSPS) is 12.2. The first-order chi connectivity index (χ1) is 10.5. The van der Waals surface area contributed by atoms with Gasteiger partial charge in [0.1, 0.15) is 5.75 Å². The second-order valence-electron chi connectivity index (χ2n) is 5.00. The molecule has 0 saturated heterocycles. The van der Waals surface area contributed by atoms with Gasteiger partial charge in [-0.05, 0) is 43.6 Å². The Labute approximate surface area is 139 Å². The van der Waals surface area contributed by atoms with Gasteiger partial charge >= 0.3 is 0 Å². The van der Waals surface area contributed by atoms with Gasteiger partial charge in [-0.1, -0.05) is 17.7 Å².